The molecular weight excluding hydrogens is 186 g/mol. The molecule has 2 unspecified atom stereocenters. The quantitative estimate of drug-likeness (QED) is 0.778. The van der Waals surface area contributed by atoms with Crippen molar-refractivity contribution in [1.29, 1.82) is 0 Å². The molecule has 0 amide bonds. The highest BCUT2D eigenvalue weighted by Gasteiger charge is 2.10. The monoisotopic (exact) mass is 207 g/mol. The Labute approximate surface area is 92.4 Å². The van der Waals surface area contributed by atoms with Crippen molar-refractivity contribution in [2.24, 2.45) is 11.7 Å². The van der Waals surface area contributed by atoms with Crippen molar-refractivity contribution in [2.45, 2.75) is 32.7 Å². The van der Waals surface area contributed by atoms with E-state index in [0.29, 0.717) is 12.0 Å². The van der Waals surface area contributed by atoms with Gasteiger partial charge < -0.3 is 10.5 Å². The molecule has 2 N–H and O–H groups in total. The van der Waals surface area contributed by atoms with Gasteiger partial charge in [0.15, 0.2) is 0 Å². The zero-order chi connectivity index (χ0) is 11.1. The average Bonchev–Trinajstić information content (AvgIpc) is 2.29. The lowest BCUT2D eigenvalue weighted by molar-refractivity contribution is 0.267. The smallest absolute Gasteiger partial charge is 0.119 e. The molecule has 1 aromatic carbocycles. The second kappa shape index (κ2) is 6.46. The summed E-state index contributed by atoms with van der Waals surface area (Å²) in [4.78, 5) is 0. The number of hydrogen-bond donors (Lipinski definition) is 1. The Morgan fingerprint density at radius 3 is 2.53 bits per heavy atom. The highest BCUT2D eigenvalue weighted by molar-refractivity contribution is 5.20. The van der Waals surface area contributed by atoms with E-state index in [-0.39, 0.29) is 0 Å². The molecule has 15 heavy (non-hydrogen) atoms. The van der Waals surface area contributed by atoms with Gasteiger partial charge in [0.05, 0.1) is 6.61 Å². The van der Waals surface area contributed by atoms with Crippen LogP contribution in [0.2, 0.25) is 0 Å². The molecule has 2 atom stereocenters. The van der Waals surface area contributed by atoms with Crippen LogP contribution >= 0.6 is 0 Å². The summed E-state index contributed by atoms with van der Waals surface area (Å²) in [5.41, 5.74) is 5.94. The second-order valence-corrected chi connectivity index (χ2v) is 4.00. The summed E-state index contributed by atoms with van der Waals surface area (Å²) in [6, 6.07) is 10.2. The Kier molecular flexibility index (Phi) is 5.19. The van der Waals surface area contributed by atoms with Crippen LogP contribution in [0.15, 0.2) is 30.3 Å². The zero-order valence-electron chi connectivity index (χ0n) is 9.65. The molecule has 1 rings (SSSR count). The van der Waals surface area contributed by atoms with Gasteiger partial charge in [-0.15, -0.1) is 0 Å². The second-order valence-electron chi connectivity index (χ2n) is 4.00. The molecule has 0 bridgehead atoms. The maximum atomic E-state index is 5.94. The van der Waals surface area contributed by atoms with Crippen LogP contribution in [0.3, 0.4) is 0 Å². The van der Waals surface area contributed by atoms with Crippen molar-refractivity contribution < 1.29 is 4.74 Å². The summed E-state index contributed by atoms with van der Waals surface area (Å²) in [5, 5.41) is 0. The van der Waals surface area contributed by atoms with Crippen LogP contribution in [0.25, 0.3) is 0 Å². The number of nitrogens with two attached hydrogens (primary N) is 1. The summed E-state index contributed by atoms with van der Waals surface area (Å²) in [6.45, 7) is 5.06. The fourth-order valence-corrected chi connectivity index (χ4v) is 1.50. The number of para-hydroxylation sites is 1. The van der Waals surface area contributed by atoms with Gasteiger partial charge in [-0.2, -0.15) is 0 Å². The number of ether oxygens (including phenoxy) is 1. The minimum absolute atomic E-state index is 0.296. The van der Waals surface area contributed by atoms with Crippen LogP contribution in [0.5, 0.6) is 5.75 Å². The summed E-state index contributed by atoms with van der Waals surface area (Å²) in [7, 11) is 0. The van der Waals surface area contributed by atoms with E-state index in [9.17, 15) is 0 Å². The molecule has 0 heterocycles. The maximum absolute atomic E-state index is 5.94. The topological polar surface area (TPSA) is 35.2 Å². The van der Waals surface area contributed by atoms with Crippen molar-refractivity contribution in [3.05, 3.63) is 30.3 Å². The first-order valence-electron chi connectivity index (χ1n) is 5.67. The Hall–Kier alpha value is -1.02. The van der Waals surface area contributed by atoms with Gasteiger partial charge >= 0.3 is 0 Å². The molecule has 0 fully saturated rings. The van der Waals surface area contributed by atoms with Gasteiger partial charge in [0.25, 0.3) is 0 Å². The van der Waals surface area contributed by atoms with E-state index in [1.165, 1.54) is 0 Å². The third kappa shape index (κ3) is 4.34. The van der Waals surface area contributed by atoms with Gasteiger partial charge in [-0.25, -0.2) is 0 Å². The average molecular weight is 207 g/mol. The van der Waals surface area contributed by atoms with Crippen LogP contribution < -0.4 is 10.5 Å². The van der Waals surface area contributed by atoms with Crippen molar-refractivity contribution >= 4 is 0 Å². The summed E-state index contributed by atoms with van der Waals surface area (Å²) in [6.07, 6.45) is 2.05. The first-order valence-corrected chi connectivity index (χ1v) is 5.67. The molecule has 0 spiro atoms. The molecular formula is C13H21NO. The Morgan fingerprint density at radius 2 is 1.93 bits per heavy atom. The Balaban J connectivity index is 2.22. The standard InChI is InChI=1S/C13H21NO/c1-3-13(14)11(2)9-10-15-12-7-5-4-6-8-12/h4-8,11,13H,3,9-10,14H2,1-2H3. The van der Waals surface area contributed by atoms with Gasteiger partial charge in [0.1, 0.15) is 5.75 Å². The first-order chi connectivity index (χ1) is 7.24. The number of benzene rings is 1. The molecule has 84 valence electrons. The van der Waals surface area contributed by atoms with E-state index in [1.807, 2.05) is 30.3 Å². The lowest BCUT2D eigenvalue weighted by Crippen LogP contribution is -2.28. The Morgan fingerprint density at radius 1 is 1.27 bits per heavy atom. The van der Waals surface area contributed by atoms with E-state index in [4.69, 9.17) is 10.5 Å². The molecule has 0 saturated heterocycles. The lowest BCUT2D eigenvalue weighted by Gasteiger charge is -2.18. The molecule has 0 aliphatic rings. The third-order valence-corrected chi connectivity index (χ3v) is 2.79. The highest BCUT2D eigenvalue weighted by atomic mass is 16.5. The predicted octanol–water partition coefficient (Wildman–Crippen LogP) is 2.83. The molecule has 0 saturated carbocycles. The van der Waals surface area contributed by atoms with Crippen LogP contribution in [0.4, 0.5) is 0 Å². The van der Waals surface area contributed by atoms with E-state index in [1.54, 1.807) is 0 Å². The van der Waals surface area contributed by atoms with Gasteiger partial charge in [-0.05, 0) is 30.9 Å². The number of rotatable bonds is 6. The molecule has 2 heteroatoms. The molecule has 0 aliphatic heterocycles. The van der Waals surface area contributed by atoms with Crippen LogP contribution in [-0.2, 0) is 0 Å². The van der Waals surface area contributed by atoms with Crippen molar-refractivity contribution in [3.63, 3.8) is 0 Å². The van der Waals surface area contributed by atoms with E-state index < -0.39 is 0 Å². The minimum atomic E-state index is 0.296. The van der Waals surface area contributed by atoms with Crippen LogP contribution in [-0.4, -0.2) is 12.6 Å². The summed E-state index contributed by atoms with van der Waals surface area (Å²) in [5.74, 6) is 1.47. The molecule has 2 nitrogen and oxygen atoms in total. The van der Waals surface area contributed by atoms with Crippen molar-refractivity contribution in [1.82, 2.24) is 0 Å². The van der Waals surface area contributed by atoms with Crippen LogP contribution in [0.1, 0.15) is 26.7 Å². The Bertz CT molecular complexity index is 260. The largest absolute Gasteiger partial charge is 0.494 e. The normalized spacial score (nSPS) is 14.6. The molecule has 1 aromatic rings. The van der Waals surface area contributed by atoms with Crippen molar-refractivity contribution in [2.75, 3.05) is 6.61 Å². The SMILES string of the molecule is CCC(N)C(C)CCOc1ccccc1. The summed E-state index contributed by atoms with van der Waals surface area (Å²) < 4.78 is 5.62. The lowest BCUT2D eigenvalue weighted by atomic mass is 9.98. The molecule has 0 aliphatic carbocycles. The van der Waals surface area contributed by atoms with Gasteiger partial charge in [0.2, 0.25) is 0 Å². The van der Waals surface area contributed by atoms with E-state index >= 15 is 0 Å². The van der Waals surface area contributed by atoms with Crippen LogP contribution in [0, 0.1) is 5.92 Å². The van der Waals surface area contributed by atoms with Gasteiger partial charge in [0, 0.05) is 6.04 Å². The minimum Gasteiger partial charge on any atom is -0.494 e. The third-order valence-electron chi connectivity index (χ3n) is 2.79. The predicted molar refractivity (Wildman–Crippen MR) is 64.0 cm³/mol. The van der Waals surface area contributed by atoms with E-state index in [0.717, 1.165) is 25.2 Å². The fraction of sp³-hybridized carbons (Fsp3) is 0.538. The summed E-state index contributed by atoms with van der Waals surface area (Å²) >= 11 is 0. The van der Waals surface area contributed by atoms with Gasteiger partial charge in [-0.3, -0.25) is 0 Å². The molecule has 0 aromatic heterocycles. The zero-order valence-corrected chi connectivity index (χ0v) is 9.65. The van der Waals surface area contributed by atoms with E-state index in [2.05, 4.69) is 13.8 Å². The van der Waals surface area contributed by atoms with Gasteiger partial charge in [-0.1, -0.05) is 32.0 Å². The maximum Gasteiger partial charge on any atom is 0.119 e. The number of hydrogen-bond acceptors (Lipinski definition) is 2. The highest BCUT2D eigenvalue weighted by Crippen LogP contribution is 2.12. The molecule has 0 radical (unpaired) electrons. The fourth-order valence-electron chi connectivity index (χ4n) is 1.50. The van der Waals surface area contributed by atoms with Crippen molar-refractivity contribution in [3.8, 4) is 5.75 Å². The first kappa shape index (κ1) is 12.1.